The van der Waals surface area contributed by atoms with E-state index in [4.69, 9.17) is 16.3 Å². The molecule has 0 unspecified atom stereocenters. The Morgan fingerprint density at radius 2 is 1.90 bits per heavy atom. The zero-order valence-electron chi connectivity index (χ0n) is 15.8. The summed E-state index contributed by atoms with van der Waals surface area (Å²) in [5.74, 6) is -1.07. The highest BCUT2D eigenvalue weighted by molar-refractivity contribution is 7.16. The number of fused-ring (bicyclic) bond motifs is 1. The van der Waals surface area contributed by atoms with Crippen molar-refractivity contribution in [3.63, 3.8) is 0 Å². The van der Waals surface area contributed by atoms with Crippen molar-refractivity contribution in [2.24, 2.45) is 4.99 Å². The van der Waals surface area contributed by atoms with Gasteiger partial charge >= 0.3 is 5.97 Å². The fraction of sp³-hybridized carbons (Fsp3) is 0.200. The van der Waals surface area contributed by atoms with Gasteiger partial charge in [0.15, 0.2) is 4.80 Å². The fourth-order valence-electron chi connectivity index (χ4n) is 2.67. The lowest BCUT2D eigenvalue weighted by molar-refractivity contribution is -0.143. The number of carbonyl (C=O) groups excluding carboxylic acids is 3. The number of ether oxygens (including phenoxy) is 1. The Kier molecular flexibility index (Phi) is 6.46. The predicted molar refractivity (Wildman–Crippen MR) is 112 cm³/mol. The lowest BCUT2D eigenvalue weighted by Gasteiger charge is -2.06. The second kappa shape index (κ2) is 9.02. The van der Waals surface area contributed by atoms with Crippen molar-refractivity contribution in [3.05, 3.63) is 57.9 Å². The minimum atomic E-state index is -0.451. The molecule has 0 radical (unpaired) electrons. The highest BCUT2D eigenvalue weighted by Gasteiger charge is 2.13. The predicted octanol–water partition coefficient (Wildman–Crippen LogP) is 3.62. The SMILES string of the molecule is CCOC(=O)Cn1c(=NC(=O)c2ccc(Cl)cc2)sc2cc(NC(C)=O)ccc21. The molecule has 1 aromatic heterocycles. The number of nitrogens with one attached hydrogen (secondary N) is 1. The van der Waals surface area contributed by atoms with Gasteiger partial charge < -0.3 is 14.6 Å². The second-order valence-electron chi connectivity index (χ2n) is 6.06. The molecule has 0 aliphatic rings. The van der Waals surface area contributed by atoms with E-state index in [0.29, 0.717) is 26.6 Å². The fourth-order valence-corrected chi connectivity index (χ4v) is 3.86. The van der Waals surface area contributed by atoms with Crippen LogP contribution in [0.25, 0.3) is 10.2 Å². The zero-order chi connectivity index (χ0) is 21.0. The first-order chi connectivity index (χ1) is 13.9. The molecule has 7 nitrogen and oxygen atoms in total. The van der Waals surface area contributed by atoms with E-state index in [1.165, 1.54) is 18.3 Å². The molecular formula is C20H18ClN3O4S. The van der Waals surface area contributed by atoms with Crippen LogP contribution in [0.2, 0.25) is 5.02 Å². The van der Waals surface area contributed by atoms with Crippen molar-refractivity contribution in [1.82, 2.24) is 4.57 Å². The van der Waals surface area contributed by atoms with Crippen molar-refractivity contribution in [1.29, 1.82) is 0 Å². The number of esters is 1. The maximum absolute atomic E-state index is 12.6. The Hall–Kier alpha value is -2.97. The highest BCUT2D eigenvalue weighted by Crippen LogP contribution is 2.22. The molecule has 0 aliphatic heterocycles. The summed E-state index contributed by atoms with van der Waals surface area (Å²) in [6, 6.07) is 11.7. The molecule has 29 heavy (non-hydrogen) atoms. The number of halogens is 1. The minimum absolute atomic E-state index is 0.0833. The van der Waals surface area contributed by atoms with Gasteiger partial charge in [0, 0.05) is 23.2 Å². The number of thiazole rings is 1. The van der Waals surface area contributed by atoms with Crippen LogP contribution >= 0.6 is 22.9 Å². The topological polar surface area (TPSA) is 89.8 Å². The van der Waals surface area contributed by atoms with Gasteiger partial charge in [-0.25, -0.2) is 0 Å². The summed E-state index contributed by atoms with van der Waals surface area (Å²) in [6.45, 7) is 3.32. The number of hydrogen-bond acceptors (Lipinski definition) is 5. The molecule has 0 bridgehead atoms. The van der Waals surface area contributed by atoms with E-state index in [1.807, 2.05) is 0 Å². The molecule has 0 saturated heterocycles. The number of aromatic nitrogens is 1. The Bertz CT molecular complexity index is 1150. The van der Waals surface area contributed by atoms with Crippen molar-refractivity contribution in [2.45, 2.75) is 20.4 Å². The first-order valence-corrected chi connectivity index (χ1v) is 9.98. The molecular weight excluding hydrogens is 414 g/mol. The monoisotopic (exact) mass is 431 g/mol. The average Bonchev–Trinajstić information content (AvgIpc) is 2.98. The van der Waals surface area contributed by atoms with Crippen LogP contribution in [0.3, 0.4) is 0 Å². The van der Waals surface area contributed by atoms with Gasteiger partial charge in [-0.1, -0.05) is 22.9 Å². The van der Waals surface area contributed by atoms with Crippen LogP contribution in [-0.2, 0) is 20.9 Å². The average molecular weight is 432 g/mol. The van der Waals surface area contributed by atoms with Crippen LogP contribution in [0.4, 0.5) is 5.69 Å². The van der Waals surface area contributed by atoms with Crippen molar-refractivity contribution in [3.8, 4) is 0 Å². The number of nitrogens with zero attached hydrogens (tertiary/aromatic N) is 2. The van der Waals surface area contributed by atoms with Crippen molar-refractivity contribution in [2.75, 3.05) is 11.9 Å². The van der Waals surface area contributed by atoms with Gasteiger partial charge in [0.2, 0.25) is 5.91 Å². The van der Waals surface area contributed by atoms with E-state index in [-0.39, 0.29) is 19.1 Å². The van der Waals surface area contributed by atoms with Crippen LogP contribution in [0.15, 0.2) is 47.5 Å². The number of anilines is 1. The molecule has 0 saturated carbocycles. The lowest BCUT2D eigenvalue weighted by Crippen LogP contribution is -2.23. The maximum atomic E-state index is 12.6. The van der Waals surface area contributed by atoms with Crippen LogP contribution in [0.5, 0.6) is 0 Å². The standard InChI is InChI=1S/C20H18ClN3O4S/c1-3-28-18(26)11-24-16-9-8-15(22-12(2)25)10-17(16)29-20(24)23-19(27)13-4-6-14(21)7-5-13/h4-10H,3,11H2,1-2H3,(H,22,25). The Morgan fingerprint density at radius 1 is 1.17 bits per heavy atom. The molecule has 150 valence electrons. The molecule has 1 N–H and O–H groups in total. The molecule has 0 atom stereocenters. The molecule has 0 aliphatic carbocycles. The van der Waals surface area contributed by atoms with Crippen LogP contribution in [0.1, 0.15) is 24.2 Å². The van der Waals surface area contributed by atoms with Crippen LogP contribution in [0, 0.1) is 0 Å². The molecule has 0 fully saturated rings. The van der Waals surface area contributed by atoms with Crippen LogP contribution in [-0.4, -0.2) is 29.0 Å². The molecule has 0 spiro atoms. The van der Waals surface area contributed by atoms with E-state index in [0.717, 1.165) is 4.70 Å². The summed E-state index contributed by atoms with van der Waals surface area (Å²) in [4.78, 5) is 40.5. The van der Waals surface area contributed by atoms with E-state index < -0.39 is 11.9 Å². The zero-order valence-corrected chi connectivity index (χ0v) is 17.3. The summed E-state index contributed by atoms with van der Waals surface area (Å²) in [6.07, 6.45) is 0. The van der Waals surface area contributed by atoms with Gasteiger partial charge in [0.1, 0.15) is 6.54 Å². The highest BCUT2D eigenvalue weighted by atomic mass is 35.5. The lowest BCUT2D eigenvalue weighted by atomic mass is 10.2. The third-order valence-corrected chi connectivity index (χ3v) is 5.18. The van der Waals surface area contributed by atoms with Gasteiger partial charge in [-0.15, -0.1) is 0 Å². The number of benzene rings is 2. The van der Waals surface area contributed by atoms with E-state index in [2.05, 4.69) is 10.3 Å². The number of amides is 2. The Balaban J connectivity index is 2.09. The molecule has 2 aromatic carbocycles. The molecule has 3 aromatic rings. The van der Waals surface area contributed by atoms with Gasteiger partial charge in [-0.3, -0.25) is 14.4 Å². The van der Waals surface area contributed by atoms with Gasteiger partial charge in [-0.2, -0.15) is 4.99 Å². The summed E-state index contributed by atoms with van der Waals surface area (Å²) in [5, 5.41) is 3.24. The summed E-state index contributed by atoms with van der Waals surface area (Å²) in [7, 11) is 0. The van der Waals surface area contributed by atoms with E-state index in [9.17, 15) is 14.4 Å². The Labute approximate surface area is 175 Å². The largest absolute Gasteiger partial charge is 0.465 e. The van der Waals surface area contributed by atoms with Gasteiger partial charge in [0.05, 0.1) is 16.8 Å². The number of rotatable bonds is 5. The number of carbonyl (C=O) groups is 3. The van der Waals surface area contributed by atoms with E-state index >= 15 is 0 Å². The molecule has 1 heterocycles. The van der Waals surface area contributed by atoms with Gasteiger partial charge in [-0.05, 0) is 49.4 Å². The normalized spacial score (nSPS) is 11.5. The van der Waals surface area contributed by atoms with Gasteiger partial charge in [0.25, 0.3) is 5.91 Å². The summed E-state index contributed by atoms with van der Waals surface area (Å²) in [5.41, 5.74) is 1.71. The second-order valence-corrected chi connectivity index (χ2v) is 7.51. The third-order valence-electron chi connectivity index (χ3n) is 3.88. The minimum Gasteiger partial charge on any atom is -0.465 e. The van der Waals surface area contributed by atoms with Crippen molar-refractivity contribution < 1.29 is 19.1 Å². The van der Waals surface area contributed by atoms with E-state index in [1.54, 1.807) is 54.0 Å². The quantitative estimate of drug-likeness (QED) is 0.625. The van der Waals surface area contributed by atoms with Crippen LogP contribution < -0.4 is 10.1 Å². The molecule has 9 heteroatoms. The first-order valence-electron chi connectivity index (χ1n) is 8.78. The van der Waals surface area contributed by atoms with Crippen molar-refractivity contribution >= 4 is 56.6 Å². The molecule has 3 rings (SSSR count). The summed E-state index contributed by atoms with van der Waals surface area (Å²) < 4.78 is 7.44. The Morgan fingerprint density at radius 3 is 2.55 bits per heavy atom. The molecule has 2 amide bonds. The number of hydrogen-bond donors (Lipinski definition) is 1. The smallest absolute Gasteiger partial charge is 0.326 e. The first kappa shape index (κ1) is 20.8. The summed E-state index contributed by atoms with van der Waals surface area (Å²) >= 11 is 7.11. The third kappa shape index (κ3) is 5.10. The maximum Gasteiger partial charge on any atom is 0.326 e.